The molecule has 0 amide bonds. The molecule has 1 radical (unpaired) electrons. The summed E-state index contributed by atoms with van der Waals surface area (Å²) >= 11 is 0. The molecular formula is C12H13O3. The van der Waals surface area contributed by atoms with E-state index >= 15 is 0 Å². The van der Waals surface area contributed by atoms with Crippen molar-refractivity contribution >= 4 is 12.3 Å². The summed E-state index contributed by atoms with van der Waals surface area (Å²) in [4.78, 5) is 21.3. The molecule has 79 valence electrons. The third kappa shape index (κ3) is 4.40. The van der Waals surface area contributed by atoms with Crippen molar-refractivity contribution in [2.75, 3.05) is 6.61 Å². The number of carbonyl (C=O) groups is 1. The van der Waals surface area contributed by atoms with Gasteiger partial charge < -0.3 is 4.74 Å². The maximum absolute atomic E-state index is 11.6. The van der Waals surface area contributed by atoms with E-state index in [-0.39, 0.29) is 5.78 Å². The molecule has 0 heterocycles. The van der Waals surface area contributed by atoms with Gasteiger partial charge in [0.15, 0.2) is 5.78 Å². The van der Waals surface area contributed by atoms with Crippen molar-refractivity contribution in [1.82, 2.24) is 0 Å². The summed E-state index contributed by atoms with van der Waals surface area (Å²) in [6, 6.07) is 9.18. The SMILES string of the molecule is O=[C]OCCCCC(=O)c1ccccc1. The van der Waals surface area contributed by atoms with Crippen LogP contribution in [0.2, 0.25) is 0 Å². The molecule has 0 aliphatic rings. The lowest BCUT2D eigenvalue weighted by atomic mass is 10.1. The zero-order chi connectivity index (χ0) is 10.9. The summed E-state index contributed by atoms with van der Waals surface area (Å²) in [6.07, 6.45) is 1.93. The van der Waals surface area contributed by atoms with Gasteiger partial charge in [-0.15, -0.1) is 0 Å². The van der Waals surface area contributed by atoms with Crippen molar-refractivity contribution in [2.24, 2.45) is 0 Å². The van der Waals surface area contributed by atoms with E-state index in [0.29, 0.717) is 19.4 Å². The van der Waals surface area contributed by atoms with E-state index in [1.54, 1.807) is 12.1 Å². The Morgan fingerprint density at radius 1 is 1.20 bits per heavy atom. The average molecular weight is 205 g/mol. The van der Waals surface area contributed by atoms with Crippen LogP contribution in [-0.4, -0.2) is 18.9 Å². The van der Waals surface area contributed by atoms with E-state index in [1.807, 2.05) is 18.2 Å². The number of ketones is 1. The number of rotatable bonds is 7. The quantitative estimate of drug-likeness (QED) is 0.506. The van der Waals surface area contributed by atoms with Gasteiger partial charge in [-0.3, -0.25) is 4.79 Å². The molecule has 1 aromatic rings. The summed E-state index contributed by atoms with van der Waals surface area (Å²) in [7, 11) is 0. The number of carbonyl (C=O) groups excluding carboxylic acids is 2. The largest absolute Gasteiger partial charge is 0.457 e. The van der Waals surface area contributed by atoms with E-state index in [4.69, 9.17) is 0 Å². The predicted octanol–water partition coefficient (Wildman–Crippen LogP) is 2.12. The molecule has 0 saturated carbocycles. The lowest BCUT2D eigenvalue weighted by Gasteiger charge is -2.00. The molecular weight excluding hydrogens is 192 g/mol. The Hall–Kier alpha value is -1.64. The van der Waals surface area contributed by atoms with Gasteiger partial charge in [0, 0.05) is 12.0 Å². The minimum atomic E-state index is 0.130. The first-order valence-corrected chi connectivity index (χ1v) is 4.92. The van der Waals surface area contributed by atoms with Crippen molar-refractivity contribution in [3.63, 3.8) is 0 Å². The van der Waals surface area contributed by atoms with E-state index in [0.717, 1.165) is 12.0 Å². The van der Waals surface area contributed by atoms with Crippen molar-refractivity contribution in [2.45, 2.75) is 19.3 Å². The zero-order valence-electron chi connectivity index (χ0n) is 8.44. The highest BCUT2D eigenvalue weighted by atomic mass is 16.5. The van der Waals surface area contributed by atoms with Crippen molar-refractivity contribution in [3.8, 4) is 0 Å². The van der Waals surface area contributed by atoms with Gasteiger partial charge in [0.2, 0.25) is 0 Å². The van der Waals surface area contributed by atoms with Crippen LogP contribution in [0.5, 0.6) is 0 Å². The van der Waals surface area contributed by atoms with Crippen LogP contribution in [0.1, 0.15) is 29.6 Å². The number of ether oxygens (including phenoxy) is 1. The molecule has 0 aliphatic heterocycles. The van der Waals surface area contributed by atoms with Gasteiger partial charge >= 0.3 is 6.47 Å². The Morgan fingerprint density at radius 3 is 2.60 bits per heavy atom. The molecule has 3 heteroatoms. The number of benzene rings is 1. The fourth-order valence-electron chi connectivity index (χ4n) is 1.27. The smallest absolute Gasteiger partial charge is 0.417 e. The average Bonchev–Trinajstić information content (AvgIpc) is 2.30. The maximum atomic E-state index is 11.6. The zero-order valence-corrected chi connectivity index (χ0v) is 8.44. The standard InChI is InChI=1S/C12H13O3/c13-10-15-9-5-4-8-12(14)11-6-2-1-3-7-11/h1-3,6-7H,4-5,8-9H2. The van der Waals surface area contributed by atoms with Crippen molar-refractivity contribution in [1.29, 1.82) is 0 Å². The molecule has 0 saturated heterocycles. The Balaban J connectivity index is 2.22. The monoisotopic (exact) mass is 205 g/mol. The number of hydrogen-bond donors (Lipinski definition) is 0. The first kappa shape index (κ1) is 11.4. The van der Waals surface area contributed by atoms with E-state index in [2.05, 4.69) is 4.74 Å². The summed E-state index contributed by atoms with van der Waals surface area (Å²) < 4.78 is 4.40. The van der Waals surface area contributed by atoms with Gasteiger partial charge in [0.1, 0.15) is 0 Å². The van der Waals surface area contributed by atoms with Crippen molar-refractivity contribution < 1.29 is 14.3 Å². The van der Waals surface area contributed by atoms with Crippen LogP contribution in [0, 0.1) is 0 Å². The van der Waals surface area contributed by atoms with E-state index in [1.165, 1.54) is 6.47 Å². The van der Waals surface area contributed by atoms with Gasteiger partial charge in [0.05, 0.1) is 6.61 Å². The number of Topliss-reactive ketones (excluding diaryl/α,β-unsaturated/α-hetero) is 1. The summed E-state index contributed by atoms with van der Waals surface area (Å²) in [5.74, 6) is 0.130. The third-order valence-corrected chi connectivity index (χ3v) is 2.05. The summed E-state index contributed by atoms with van der Waals surface area (Å²) in [6.45, 7) is 1.69. The fraction of sp³-hybridized carbons (Fsp3) is 0.333. The van der Waals surface area contributed by atoms with Crippen molar-refractivity contribution in [3.05, 3.63) is 35.9 Å². The molecule has 0 unspecified atom stereocenters. The number of hydrogen-bond acceptors (Lipinski definition) is 3. The normalized spacial score (nSPS) is 9.60. The highest BCUT2D eigenvalue weighted by Crippen LogP contribution is 2.06. The van der Waals surface area contributed by atoms with Crippen LogP contribution in [0.4, 0.5) is 0 Å². The molecule has 0 bridgehead atoms. The first-order chi connectivity index (χ1) is 7.34. The van der Waals surface area contributed by atoms with E-state index < -0.39 is 0 Å². The second-order valence-electron chi connectivity index (χ2n) is 3.18. The minimum Gasteiger partial charge on any atom is -0.457 e. The first-order valence-electron chi connectivity index (χ1n) is 4.92. The highest BCUT2D eigenvalue weighted by Gasteiger charge is 2.03. The molecule has 0 spiro atoms. The van der Waals surface area contributed by atoms with Crippen LogP contribution in [0.3, 0.4) is 0 Å². The third-order valence-electron chi connectivity index (χ3n) is 2.05. The maximum Gasteiger partial charge on any atom is 0.417 e. The fourth-order valence-corrected chi connectivity index (χ4v) is 1.27. The van der Waals surface area contributed by atoms with Crippen LogP contribution >= 0.6 is 0 Å². The molecule has 0 aliphatic carbocycles. The molecule has 0 N–H and O–H groups in total. The van der Waals surface area contributed by atoms with Crippen LogP contribution in [0.25, 0.3) is 0 Å². The second-order valence-corrected chi connectivity index (χ2v) is 3.18. The molecule has 3 nitrogen and oxygen atoms in total. The molecule has 0 fully saturated rings. The minimum absolute atomic E-state index is 0.130. The molecule has 0 aromatic heterocycles. The topological polar surface area (TPSA) is 43.4 Å². The molecule has 1 aromatic carbocycles. The molecule has 0 atom stereocenters. The van der Waals surface area contributed by atoms with E-state index in [9.17, 15) is 9.59 Å². The summed E-state index contributed by atoms with van der Waals surface area (Å²) in [5.41, 5.74) is 0.736. The Labute approximate surface area is 89.1 Å². The van der Waals surface area contributed by atoms with Gasteiger partial charge in [-0.2, -0.15) is 0 Å². The van der Waals surface area contributed by atoms with Crippen LogP contribution < -0.4 is 0 Å². The van der Waals surface area contributed by atoms with Crippen LogP contribution in [0.15, 0.2) is 30.3 Å². The lowest BCUT2D eigenvalue weighted by molar-refractivity contribution is 0.0977. The van der Waals surface area contributed by atoms with Gasteiger partial charge in [-0.05, 0) is 12.8 Å². The Morgan fingerprint density at radius 2 is 1.93 bits per heavy atom. The number of unbranched alkanes of at least 4 members (excludes halogenated alkanes) is 1. The van der Waals surface area contributed by atoms with Gasteiger partial charge in [-0.25, -0.2) is 4.79 Å². The van der Waals surface area contributed by atoms with Gasteiger partial charge in [-0.1, -0.05) is 30.3 Å². The Kier molecular flexibility index (Phi) is 5.15. The lowest BCUT2D eigenvalue weighted by Crippen LogP contribution is -2.00. The second kappa shape index (κ2) is 6.76. The predicted molar refractivity (Wildman–Crippen MR) is 56.3 cm³/mol. The highest BCUT2D eigenvalue weighted by molar-refractivity contribution is 5.95. The Bertz CT molecular complexity index is 306. The molecule has 1 rings (SSSR count). The summed E-state index contributed by atoms with van der Waals surface area (Å²) in [5, 5.41) is 0. The van der Waals surface area contributed by atoms with Gasteiger partial charge in [0.25, 0.3) is 0 Å². The molecule has 15 heavy (non-hydrogen) atoms. The van der Waals surface area contributed by atoms with Crippen LogP contribution in [-0.2, 0) is 9.53 Å².